The van der Waals surface area contributed by atoms with Gasteiger partial charge in [0.05, 0.1) is 14.6 Å². The van der Waals surface area contributed by atoms with Crippen molar-refractivity contribution in [2.45, 2.75) is 40.0 Å². The van der Waals surface area contributed by atoms with E-state index in [4.69, 9.17) is 0 Å². The molecule has 0 aliphatic heterocycles. The fourth-order valence-corrected chi connectivity index (χ4v) is 2.49. The zero-order chi connectivity index (χ0) is 15.2. The van der Waals surface area contributed by atoms with Crippen LogP contribution in [0.1, 0.15) is 19.4 Å². The first-order chi connectivity index (χ1) is 9.29. The molecule has 0 aromatic heterocycles. The lowest BCUT2D eigenvalue weighted by Crippen LogP contribution is -2.26. The third-order valence-corrected chi connectivity index (χ3v) is 4.12. The normalized spacial score (nSPS) is 12.8. The number of hydrogen-bond donors (Lipinski definition) is 0. The molecule has 20 heavy (non-hydrogen) atoms. The van der Waals surface area contributed by atoms with Crippen LogP contribution in [0.3, 0.4) is 0 Å². The Morgan fingerprint density at radius 1 is 1.15 bits per heavy atom. The van der Waals surface area contributed by atoms with Gasteiger partial charge in [0.1, 0.15) is 0 Å². The second-order valence-electron chi connectivity index (χ2n) is 6.12. The first kappa shape index (κ1) is 16.4. The van der Waals surface area contributed by atoms with Gasteiger partial charge in [-0.25, -0.2) is 0 Å². The van der Waals surface area contributed by atoms with Gasteiger partial charge in [-0.1, -0.05) is 61.7 Å². The van der Waals surface area contributed by atoms with E-state index in [1.165, 1.54) is 0 Å². The molecule has 3 heteroatoms. The van der Waals surface area contributed by atoms with E-state index in [0.717, 1.165) is 11.3 Å². The van der Waals surface area contributed by atoms with Crippen molar-refractivity contribution in [2.75, 3.05) is 0 Å². The van der Waals surface area contributed by atoms with Crippen molar-refractivity contribution in [2.24, 2.45) is 0 Å². The van der Waals surface area contributed by atoms with Crippen LogP contribution in [0.25, 0.3) is 0 Å². The Morgan fingerprint density at radius 3 is 2.25 bits per heavy atom. The number of allylic oxidation sites excluding steroid dienone is 3. The van der Waals surface area contributed by atoms with Gasteiger partial charge in [0.15, 0.2) is 0 Å². The van der Waals surface area contributed by atoms with Crippen molar-refractivity contribution >= 4 is 14.0 Å². The number of nitrogens with zero attached hydrogens (tertiary/aromatic N) is 1. The van der Waals surface area contributed by atoms with Crippen LogP contribution < -0.4 is 0 Å². The van der Waals surface area contributed by atoms with E-state index in [1.807, 2.05) is 48.2 Å². The SMILES string of the molecule is CC(=O)N(Cc1ccccc1)/C(C)=C\C=C\[Si](C)(C)C. The van der Waals surface area contributed by atoms with Crippen LogP contribution in [-0.4, -0.2) is 18.9 Å². The van der Waals surface area contributed by atoms with E-state index >= 15 is 0 Å². The van der Waals surface area contributed by atoms with Crippen LogP contribution >= 0.6 is 0 Å². The summed E-state index contributed by atoms with van der Waals surface area (Å²) >= 11 is 0. The predicted octanol–water partition coefficient (Wildman–Crippen LogP) is 4.37. The van der Waals surface area contributed by atoms with Crippen LogP contribution in [0.5, 0.6) is 0 Å². The topological polar surface area (TPSA) is 20.3 Å². The number of rotatable bonds is 5. The predicted molar refractivity (Wildman–Crippen MR) is 88.9 cm³/mol. The van der Waals surface area contributed by atoms with Crippen molar-refractivity contribution in [3.8, 4) is 0 Å². The largest absolute Gasteiger partial charge is 0.312 e. The maximum Gasteiger partial charge on any atom is 0.223 e. The minimum absolute atomic E-state index is 0.0732. The summed E-state index contributed by atoms with van der Waals surface area (Å²) in [6.07, 6.45) is 4.12. The van der Waals surface area contributed by atoms with E-state index in [-0.39, 0.29) is 5.91 Å². The Balaban J connectivity index is 2.83. The highest BCUT2D eigenvalue weighted by Crippen LogP contribution is 2.12. The summed E-state index contributed by atoms with van der Waals surface area (Å²) in [5, 5.41) is 0. The number of carbonyl (C=O) groups is 1. The smallest absolute Gasteiger partial charge is 0.223 e. The van der Waals surface area contributed by atoms with Crippen LogP contribution in [0, 0.1) is 0 Å². The molecule has 0 spiro atoms. The fraction of sp³-hybridized carbons (Fsp3) is 0.353. The van der Waals surface area contributed by atoms with Crippen LogP contribution in [0.4, 0.5) is 0 Å². The third-order valence-electron chi connectivity index (χ3n) is 2.92. The molecule has 0 radical (unpaired) electrons. The van der Waals surface area contributed by atoms with Crippen molar-refractivity contribution in [3.05, 3.63) is 59.4 Å². The minimum Gasteiger partial charge on any atom is -0.312 e. The number of hydrogen-bond acceptors (Lipinski definition) is 1. The van der Waals surface area contributed by atoms with Gasteiger partial charge in [0.25, 0.3) is 0 Å². The monoisotopic (exact) mass is 287 g/mol. The maximum atomic E-state index is 11.8. The van der Waals surface area contributed by atoms with E-state index < -0.39 is 8.07 Å². The Kier molecular flexibility index (Phi) is 5.96. The molecule has 0 bridgehead atoms. The standard InChI is InChI=1S/C17H25NOSi/c1-15(10-9-13-20(3,4)5)18(16(2)19)14-17-11-7-6-8-12-17/h6-13H,14H2,1-5H3/b13-9+,15-10-. The molecule has 0 atom stereocenters. The first-order valence-electron chi connectivity index (χ1n) is 6.98. The highest BCUT2D eigenvalue weighted by atomic mass is 28.3. The average molecular weight is 287 g/mol. The van der Waals surface area contributed by atoms with Crippen molar-refractivity contribution in [1.29, 1.82) is 0 Å². The Morgan fingerprint density at radius 2 is 1.75 bits per heavy atom. The molecule has 1 amide bonds. The minimum atomic E-state index is -1.19. The van der Waals surface area contributed by atoms with Crippen LogP contribution in [-0.2, 0) is 11.3 Å². The third kappa shape index (κ3) is 6.02. The number of carbonyl (C=O) groups excluding carboxylic acids is 1. The molecule has 0 aliphatic rings. The summed E-state index contributed by atoms with van der Waals surface area (Å²) in [7, 11) is -1.19. The highest BCUT2D eigenvalue weighted by Gasteiger charge is 2.11. The van der Waals surface area contributed by atoms with Gasteiger partial charge in [-0.05, 0) is 18.6 Å². The van der Waals surface area contributed by atoms with Gasteiger partial charge in [-0.15, -0.1) is 0 Å². The van der Waals surface area contributed by atoms with Crippen molar-refractivity contribution < 1.29 is 4.79 Å². The summed E-state index contributed by atoms with van der Waals surface area (Å²) in [6.45, 7) is 11.1. The van der Waals surface area contributed by atoms with Gasteiger partial charge in [-0.2, -0.15) is 0 Å². The molecule has 0 aliphatic carbocycles. The highest BCUT2D eigenvalue weighted by molar-refractivity contribution is 6.80. The second-order valence-corrected chi connectivity index (χ2v) is 11.2. The van der Waals surface area contributed by atoms with Crippen molar-refractivity contribution in [1.82, 2.24) is 4.90 Å². The Bertz CT molecular complexity index is 497. The van der Waals surface area contributed by atoms with Crippen LogP contribution in [0.2, 0.25) is 19.6 Å². The summed E-state index contributed by atoms with van der Waals surface area (Å²) in [4.78, 5) is 13.6. The number of amides is 1. The average Bonchev–Trinajstić information content (AvgIpc) is 2.35. The van der Waals surface area contributed by atoms with Gasteiger partial charge in [0, 0.05) is 12.6 Å². The molecule has 0 heterocycles. The van der Waals surface area contributed by atoms with E-state index in [2.05, 4.69) is 31.4 Å². The Labute approximate surface area is 123 Å². The van der Waals surface area contributed by atoms with Gasteiger partial charge in [0.2, 0.25) is 5.91 Å². The molecule has 0 saturated heterocycles. The van der Waals surface area contributed by atoms with E-state index in [1.54, 1.807) is 6.92 Å². The molecule has 0 fully saturated rings. The molecule has 0 N–H and O–H groups in total. The van der Waals surface area contributed by atoms with E-state index in [9.17, 15) is 4.79 Å². The lowest BCUT2D eigenvalue weighted by atomic mass is 10.2. The summed E-state index contributed by atoms with van der Waals surface area (Å²) in [5.41, 5.74) is 4.40. The Hall–Kier alpha value is -1.61. The lowest BCUT2D eigenvalue weighted by molar-refractivity contribution is -0.127. The zero-order valence-corrected chi connectivity index (χ0v) is 14.2. The molecule has 0 unspecified atom stereocenters. The van der Waals surface area contributed by atoms with E-state index in [0.29, 0.717) is 6.54 Å². The first-order valence-corrected chi connectivity index (χ1v) is 10.6. The molecule has 2 nitrogen and oxygen atoms in total. The molecular weight excluding hydrogens is 262 g/mol. The van der Waals surface area contributed by atoms with Crippen molar-refractivity contribution in [3.63, 3.8) is 0 Å². The molecule has 0 saturated carbocycles. The van der Waals surface area contributed by atoms with Gasteiger partial charge < -0.3 is 4.90 Å². The molecule has 1 rings (SSSR count). The van der Waals surface area contributed by atoms with Crippen LogP contribution in [0.15, 0.2) is 53.9 Å². The fourth-order valence-electron chi connectivity index (χ4n) is 1.82. The molecular formula is C17H25NOSi. The van der Waals surface area contributed by atoms with Gasteiger partial charge in [-0.3, -0.25) is 4.79 Å². The zero-order valence-electron chi connectivity index (χ0n) is 13.2. The summed E-state index contributed by atoms with van der Waals surface area (Å²) in [5.74, 6) is 0.0732. The molecule has 108 valence electrons. The summed E-state index contributed by atoms with van der Waals surface area (Å²) in [6, 6.07) is 10.1. The summed E-state index contributed by atoms with van der Waals surface area (Å²) < 4.78 is 0. The second kappa shape index (κ2) is 7.24. The molecule has 1 aromatic rings. The van der Waals surface area contributed by atoms with Gasteiger partial charge >= 0.3 is 0 Å². The lowest BCUT2D eigenvalue weighted by Gasteiger charge is -2.21. The molecule has 1 aromatic carbocycles. The maximum absolute atomic E-state index is 11.8. The number of benzene rings is 1. The quantitative estimate of drug-likeness (QED) is 0.581.